The SMILES string of the molecule is COc1cccc(CC(NN)c2cc(C)ccc2F)c1F. The second-order valence-corrected chi connectivity index (χ2v) is 4.88. The molecule has 1 unspecified atom stereocenters. The van der Waals surface area contributed by atoms with Gasteiger partial charge in [-0.3, -0.25) is 11.3 Å². The van der Waals surface area contributed by atoms with Crippen LogP contribution in [0, 0.1) is 18.6 Å². The molecule has 0 aliphatic rings. The Morgan fingerprint density at radius 2 is 2.00 bits per heavy atom. The van der Waals surface area contributed by atoms with Gasteiger partial charge < -0.3 is 4.74 Å². The highest BCUT2D eigenvalue weighted by atomic mass is 19.1. The zero-order valence-corrected chi connectivity index (χ0v) is 12.0. The van der Waals surface area contributed by atoms with Gasteiger partial charge in [-0.2, -0.15) is 0 Å². The van der Waals surface area contributed by atoms with Crippen molar-refractivity contribution < 1.29 is 13.5 Å². The van der Waals surface area contributed by atoms with Crippen molar-refractivity contribution in [2.45, 2.75) is 19.4 Å². The molecule has 0 amide bonds. The molecule has 0 aliphatic heterocycles. The van der Waals surface area contributed by atoms with Crippen LogP contribution in [0.2, 0.25) is 0 Å². The molecule has 0 saturated heterocycles. The fourth-order valence-corrected chi connectivity index (χ4v) is 2.28. The number of aryl methyl sites for hydroxylation is 1. The van der Waals surface area contributed by atoms with E-state index < -0.39 is 11.9 Å². The number of methoxy groups -OCH3 is 1. The third-order valence-corrected chi connectivity index (χ3v) is 3.42. The van der Waals surface area contributed by atoms with Crippen LogP contribution in [0.5, 0.6) is 5.75 Å². The number of ether oxygens (including phenoxy) is 1. The van der Waals surface area contributed by atoms with Crippen molar-refractivity contribution in [3.8, 4) is 5.75 Å². The predicted molar refractivity (Wildman–Crippen MR) is 77.9 cm³/mol. The summed E-state index contributed by atoms with van der Waals surface area (Å²) in [6.45, 7) is 1.86. The van der Waals surface area contributed by atoms with Crippen LogP contribution in [0.3, 0.4) is 0 Å². The van der Waals surface area contributed by atoms with Crippen molar-refractivity contribution >= 4 is 0 Å². The van der Waals surface area contributed by atoms with Crippen LogP contribution in [0.1, 0.15) is 22.7 Å². The maximum absolute atomic E-state index is 14.2. The molecule has 2 aromatic carbocycles. The summed E-state index contributed by atoms with van der Waals surface area (Å²) in [6, 6.07) is 9.11. The molecular formula is C16H18F2N2O. The monoisotopic (exact) mass is 292 g/mol. The van der Waals surface area contributed by atoms with Crippen molar-refractivity contribution in [3.05, 3.63) is 64.7 Å². The van der Waals surface area contributed by atoms with Gasteiger partial charge in [-0.25, -0.2) is 8.78 Å². The third-order valence-electron chi connectivity index (χ3n) is 3.42. The molecule has 0 saturated carbocycles. The lowest BCUT2D eigenvalue weighted by molar-refractivity contribution is 0.382. The lowest BCUT2D eigenvalue weighted by atomic mass is 9.97. The number of nitrogens with one attached hydrogen (secondary N) is 1. The van der Waals surface area contributed by atoms with Gasteiger partial charge in [0.15, 0.2) is 11.6 Å². The summed E-state index contributed by atoms with van der Waals surface area (Å²) in [7, 11) is 1.40. The first-order valence-electron chi connectivity index (χ1n) is 6.60. The molecule has 3 nitrogen and oxygen atoms in total. The van der Waals surface area contributed by atoms with Crippen LogP contribution in [0.25, 0.3) is 0 Å². The summed E-state index contributed by atoms with van der Waals surface area (Å²) in [5, 5.41) is 0. The number of halogens is 2. The summed E-state index contributed by atoms with van der Waals surface area (Å²) in [5.74, 6) is 4.86. The number of hydrogen-bond acceptors (Lipinski definition) is 3. The molecule has 0 aromatic heterocycles. The van der Waals surface area contributed by atoms with E-state index in [2.05, 4.69) is 5.43 Å². The second kappa shape index (κ2) is 6.65. The second-order valence-electron chi connectivity index (χ2n) is 4.88. The lowest BCUT2D eigenvalue weighted by Gasteiger charge is -2.18. The van der Waals surface area contributed by atoms with Gasteiger partial charge in [0, 0.05) is 5.56 Å². The largest absolute Gasteiger partial charge is 0.494 e. The van der Waals surface area contributed by atoms with E-state index in [1.165, 1.54) is 19.2 Å². The zero-order valence-electron chi connectivity index (χ0n) is 12.0. The summed E-state index contributed by atoms with van der Waals surface area (Å²) in [4.78, 5) is 0. The van der Waals surface area contributed by atoms with Gasteiger partial charge in [0.2, 0.25) is 0 Å². The van der Waals surface area contributed by atoms with E-state index >= 15 is 0 Å². The predicted octanol–water partition coefficient (Wildman–Crippen LogP) is 3.03. The van der Waals surface area contributed by atoms with Crippen LogP contribution in [0.4, 0.5) is 8.78 Å². The van der Waals surface area contributed by atoms with E-state index in [4.69, 9.17) is 10.6 Å². The van der Waals surface area contributed by atoms with Gasteiger partial charge >= 0.3 is 0 Å². The molecule has 0 spiro atoms. The molecule has 5 heteroatoms. The topological polar surface area (TPSA) is 47.3 Å². The molecule has 0 aliphatic carbocycles. The first kappa shape index (κ1) is 15.4. The maximum Gasteiger partial charge on any atom is 0.168 e. The Labute approximate surface area is 122 Å². The molecule has 0 bridgehead atoms. The van der Waals surface area contributed by atoms with Crippen molar-refractivity contribution in [2.75, 3.05) is 7.11 Å². The van der Waals surface area contributed by atoms with Crippen LogP contribution < -0.4 is 16.0 Å². The van der Waals surface area contributed by atoms with E-state index in [0.717, 1.165) is 5.56 Å². The Kier molecular flexibility index (Phi) is 4.88. The Morgan fingerprint density at radius 1 is 1.24 bits per heavy atom. The smallest absolute Gasteiger partial charge is 0.168 e. The quantitative estimate of drug-likeness (QED) is 0.658. The van der Waals surface area contributed by atoms with E-state index in [9.17, 15) is 8.78 Å². The fraction of sp³-hybridized carbons (Fsp3) is 0.250. The van der Waals surface area contributed by atoms with Crippen molar-refractivity contribution in [1.29, 1.82) is 0 Å². The number of hydrazine groups is 1. The minimum atomic E-state index is -0.522. The highest BCUT2D eigenvalue weighted by molar-refractivity contribution is 5.34. The molecule has 1 atom stereocenters. The summed E-state index contributed by atoms with van der Waals surface area (Å²) in [6.07, 6.45) is 0.222. The van der Waals surface area contributed by atoms with Gasteiger partial charge in [0.1, 0.15) is 5.82 Å². The molecule has 21 heavy (non-hydrogen) atoms. The Hall–Kier alpha value is -1.98. The first-order valence-corrected chi connectivity index (χ1v) is 6.60. The van der Waals surface area contributed by atoms with Crippen LogP contribution in [-0.2, 0) is 6.42 Å². The van der Waals surface area contributed by atoms with Gasteiger partial charge in [-0.1, -0.05) is 29.8 Å². The lowest BCUT2D eigenvalue weighted by Crippen LogP contribution is -2.30. The Balaban J connectivity index is 2.33. The molecule has 0 heterocycles. The van der Waals surface area contributed by atoms with Crippen molar-refractivity contribution in [1.82, 2.24) is 5.43 Å². The molecule has 0 fully saturated rings. The average molecular weight is 292 g/mol. The van der Waals surface area contributed by atoms with Gasteiger partial charge in [-0.05, 0) is 31.0 Å². The molecular weight excluding hydrogens is 274 g/mol. The maximum atomic E-state index is 14.2. The Morgan fingerprint density at radius 3 is 2.67 bits per heavy atom. The highest BCUT2D eigenvalue weighted by Crippen LogP contribution is 2.26. The summed E-state index contributed by atoms with van der Waals surface area (Å²) in [5.41, 5.74) is 4.30. The molecule has 2 aromatic rings. The normalized spacial score (nSPS) is 12.2. The standard InChI is InChI=1S/C16H18F2N2O/c1-10-6-7-13(17)12(8-10)14(20-19)9-11-4-3-5-15(21-2)16(11)18/h3-8,14,20H,9,19H2,1-2H3. The van der Waals surface area contributed by atoms with Gasteiger partial charge in [0.05, 0.1) is 13.2 Å². The third kappa shape index (κ3) is 3.37. The van der Waals surface area contributed by atoms with Gasteiger partial charge in [-0.15, -0.1) is 0 Å². The van der Waals surface area contributed by atoms with E-state index in [1.54, 1.807) is 24.3 Å². The van der Waals surface area contributed by atoms with Gasteiger partial charge in [0.25, 0.3) is 0 Å². The number of nitrogens with two attached hydrogens (primary N) is 1. The zero-order chi connectivity index (χ0) is 15.4. The van der Waals surface area contributed by atoms with E-state index in [0.29, 0.717) is 11.1 Å². The minimum absolute atomic E-state index is 0.160. The van der Waals surface area contributed by atoms with Crippen LogP contribution in [0.15, 0.2) is 36.4 Å². The summed E-state index contributed by atoms with van der Waals surface area (Å²) >= 11 is 0. The minimum Gasteiger partial charge on any atom is -0.494 e. The fourth-order valence-electron chi connectivity index (χ4n) is 2.28. The number of rotatable bonds is 5. The summed E-state index contributed by atoms with van der Waals surface area (Å²) < 4.78 is 33.1. The Bertz CT molecular complexity index is 632. The van der Waals surface area contributed by atoms with Crippen molar-refractivity contribution in [2.24, 2.45) is 5.84 Å². The number of benzene rings is 2. The molecule has 112 valence electrons. The average Bonchev–Trinajstić information content (AvgIpc) is 2.49. The first-order chi connectivity index (χ1) is 10.1. The van der Waals surface area contributed by atoms with Crippen LogP contribution in [-0.4, -0.2) is 7.11 Å². The van der Waals surface area contributed by atoms with E-state index in [-0.39, 0.29) is 18.0 Å². The molecule has 2 rings (SSSR count). The van der Waals surface area contributed by atoms with E-state index in [1.807, 2.05) is 6.92 Å². The molecule has 0 radical (unpaired) electrons. The highest BCUT2D eigenvalue weighted by Gasteiger charge is 2.18. The van der Waals surface area contributed by atoms with Crippen molar-refractivity contribution in [3.63, 3.8) is 0 Å². The van der Waals surface area contributed by atoms with Crippen LogP contribution >= 0.6 is 0 Å². The molecule has 3 N–H and O–H groups in total. The number of hydrogen-bond donors (Lipinski definition) is 2.